The number of halogens is 2. The highest BCUT2D eigenvalue weighted by Crippen LogP contribution is 2.27. The third-order valence-corrected chi connectivity index (χ3v) is 9.09. The number of nitrogens with zero attached hydrogens (tertiary/aromatic N) is 2. The molecule has 1 N–H and O–H groups in total. The maximum Gasteiger partial charge on any atom is 0.264 e. The Morgan fingerprint density at radius 3 is 2.14 bits per heavy atom. The molecule has 42 heavy (non-hydrogen) atoms. The van der Waals surface area contributed by atoms with Crippen molar-refractivity contribution in [2.24, 2.45) is 0 Å². The maximum atomic E-state index is 14.3. The molecule has 0 saturated heterocycles. The van der Waals surface area contributed by atoms with Crippen LogP contribution in [0.15, 0.2) is 119 Å². The van der Waals surface area contributed by atoms with E-state index in [4.69, 9.17) is 11.6 Å². The zero-order valence-electron chi connectivity index (χ0n) is 23.0. The van der Waals surface area contributed by atoms with Gasteiger partial charge in [0.05, 0.1) is 10.6 Å². The molecular weight excluding hydrogens is 638 g/mol. The third kappa shape index (κ3) is 8.00. The van der Waals surface area contributed by atoms with Gasteiger partial charge in [0.15, 0.2) is 0 Å². The molecule has 2 amide bonds. The van der Waals surface area contributed by atoms with Crippen molar-refractivity contribution in [2.75, 3.05) is 17.4 Å². The highest BCUT2D eigenvalue weighted by molar-refractivity contribution is 9.10. The molecule has 0 unspecified atom stereocenters. The Morgan fingerprint density at radius 2 is 1.50 bits per heavy atom. The molecular formula is C32H31BrClN3O4S. The number of likely N-dealkylation sites (N-methyl/N-ethyl adjacent to an activating group) is 1. The van der Waals surface area contributed by atoms with Crippen LogP contribution in [0, 0.1) is 0 Å². The van der Waals surface area contributed by atoms with Crippen LogP contribution >= 0.6 is 27.5 Å². The van der Waals surface area contributed by atoms with Crippen LogP contribution in [0.25, 0.3) is 0 Å². The number of rotatable bonds is 12. The molecule has 1 atom stereocenters. The molecule has 0 saturated carbocycles. The van der Waals surface area contributed by atoms with Gasteiger partial charge in [-0.05, 0) is 60.5 Å². The molecule has 7 nitrogen and oxygen atoms in total. The predicted molar refractivity (Wildman–Crippen MR) is 170 cm³/mol. The number of benzene rings is 4. The standard InChI is InChI=1S/C32H31BrClN3O4S/c1-2-35-32(39)30(20-24-11-5-3-6-12-24)36(22-25-13-9-15-27(34)19-25)31(38)23-37(28-16-10-14-26(33)21-28)42(40,41)29-17-7-4-8-18-29/h3-19,21,30H,2,20,22-23H2,1H3,(H,35,39)/t30-/m1/s1. The minimum Gasteiger partial charge on any atom is -0.355 e. The molecule has 0 aliphatic rings. The van der Waals surface area contributed by atoms with Crippen molar-refractivity contribution in [3.63, 3.8) is 0 Å². The lowest BCUT2D eigenvalue weighted by Gasteiger charge is -2.34. The van der Waals surface area contributed by atoms with Gasteiger partial charge in [-0.3, -0.25) is 13.9 Å². The Morgan fingerprint density at radius 1 is 0.857 bits per heavy atom. The molecule has 0 fully saturated rings. The molecule has 218 valence electrons. The Bertz CT molecular complexity index is 1620. The van der Waals surface area contributed by atoms with E-state index < -0.39 is 28.5 Å². The highest BCUT2D eigenvalue weighted by Gasteiger charge is 2.34. The summed E-state index contributed by atoms with van der Waals surface area (Å²) < 4.78 is 29.6. The summed E-state index contributed by atoms with van der Waals surface area (Å²) in [6.45, 7) is 1.70. The Balaban J connectivity index is 1.79. The van der Waals surface area contributed by atoms with E-state index in [1.807, 2.05) is 43.3 Å². The molecule has 0 bridgehead atoms. The largest absolute Gasteiger partial charge is 0.355 e. The van der Waals surface area contributed by atoms with Crippen molar-refractivity contribution in [3.8, 4) is 0 Å². The molecule has 0 aromatic heterocycles. The van der Waals surface area contributed by atoms with Crippen LogP contribution in [0.5, 0.6) is 0 Å². The Labute approximate surface area is 260 Å². The Kier molecular flexibility index (Phi) is 10.8. The average Bonchev–Trinajstić information content (AvgIpc) is 2.98. The molecule has 4 aromatic rings. The summed E-state index contributed by atoms with van der Waals surface area (Å²) in [5, 5.41) is 3.34. The van der Waals surface area contributed by atoms with Gasteiger partial charge in [-0.2, -0.15) is 0 Å². The number of carbonyl (C=O) groups is 2. The number of hydrogen-bond acceptors (Lipinski definition) is 4. The number of hydrogen-bond donors (Lipinski definition) is 1. The summed E-state index contributed by atoms with van der Waals surface area (Å²) in [7, 11) is -4.15. The van der Waals surface area contributed by atoms with Gasteiger partial charge < -0.3 is 10.2 Å². The molecule has 0 aliphatic heterocycles. The van der Waals surface area contributed by atoms with E-state index in [9.17, 15) is 18.0 Å². The third-order valence-electron chi connectivity index (χ3n) is 6.57. The van der Waals surface area contributed by atoms with Crippen LogP contribution in [-0.2, 0) is 32.6 Å². The number of nitrogens with one attached hydrogen (secondary N) is 1. The summed E-state index contributed by atoms with van der Waals surface area (Å²) in [4.78, 5) is 29.3. The normalized spacial score (nSPS) is 11.9. The molecule has 4 rings (SSSR count). The fourth-order valence-corrected chi connectivity index (χ4v) is 6.58. The van der Waals surface area contributed by atoms with Crippen LogP contribution in [0.2, 0.25) is 5.02 Å². The molecule has 0 aliphatic carbocycles. The fourth-order valence-electron chi connectivity index (χ4n) is 4.56. The molecule has 10 heteroatoms. The van der Waals surface area contributed by atoms with Gasteiger partial charge in [0.25, 0.3) is 10.0 Å². The van der Waals surface area contributed by atoms with Crippen molar-refractivity contribution in [1.82, 2.24) is 10.2 Å². The van der Waals surface area contributed by atoms with Gasteiger partial charge in [0, 0.05) is 29.0 Å². The van der Waals surface area contributed by atoms with Crippen molar-refractivity contribution in [2.45, 2.75) is 30.8 Å². The van der Waals surface area contributed by atoms with Gasteiger partial charge >= 0.3 is 0 Å². The molecule has 0 radical (unpaired) electrons. The average molecular weight is 669 g/mol. The Hall–Kier alpha value is -3.66. The van der Waals surface area contributed by atoms with Crippen molar-refractivity contribution in [3.05, 3.63) is 130 Å². The van der Waals surface area contributed by atoms with Gasteiger partial charge in [-0.15, -0.1) is 0 Å². The predicted octanol–water partition coefficient (Wildman–Crippen LogP) is 6.07. The smallest absolute Gasteiger partial charge is 0.264 e. The zero-order chi connectivity index (χ0) is 30.1. The molecule has 0 spiro atoms. The second-order valence-corrected chi connectivity index (χ2v) is 12.8. The summed E-state index contributed by atoms with van der Waals surface area (Å²) in [5.74, 6) is -0.877. The minimum atomic E-state index is -4.15. The van der Waals surface area contributed by atoms with E-state index >= 15 is 0 Å². The topological polar surface area (TPSA) is 86.8 Å². The highest BCUT2D eigenvalue weighted by atomic mass is 79.9. The zero-order valence-corrected chi connectivity index (χ0v) is 26.1. The second kappa shape index (κ2) is 14.5. The first kappa shape index (κ1) is 31.3. The van der Waals surface area contributed by atoms with E-state index in [2.05, 4.69) is 21.2 Å². The maximum absolute atomic E-state index is 14.3. The number of carbonyl (C=O) groups excluding carboxylic acids is 2. The lowest BCUT2D eigenvalue weighted by molar-refractivity contribution is -0.140. The lowest BCUT2D eigenvalue weighted by atomic mass is 10.0. The van der Waals surface area contributed by atoms with Crippen molar-refractivity contribution in [1.29, 1.82) is 0 Å². The van der Waals surface area contributed by atoms with Crippen LogP contribution in [0.1, 0.15) is 18.1 Å². The van der Waals surface area contributed by atoms with E-state index in [-0.39, 0.29) is 23.8 Å². The summed E-state index contributed by atoms with van der Waals surface area (Å²) in [6, 6.07) is 30.2. The SMILES string of the molecule is CCNC(=O)[C@@H](Cc1ccccc1)N(Cc1cccc(Cl)c1)C(=O)CN(c1cccc(Br)c1)S(=O)(=O)c1ccccc1. The number of anilines is 1. The van der Waals surface area contributed by atoms with Crippen molar-refractivity contribution >= 4 is 55.1 Å². The van der Waals surface area contributed by atoms with Crippen LogP contribution in [-0.4, -0.2) is 44.3 Å². The molecule has 4 aromatic carbocycles. The summed E-state index contributed by atoms with van der Waals surface area (Å²) >= 11 is 9.68. The van der Waals surface area contributed by atoms with Crippen LogP contribution < -0.4 is 9.62 Å². The second-order valence-electron chi connectivity index (χ2n) is 9.56. The van der Waals surface area contributed by atoms with E-state index in [1.54, 1.807) is 60.7 Å². The number of amides is 2. The van der Waals surface area contributed by atoms with Gasteiger partial charge in [-0.25, -0.2) is 8.42 Å². The minimum absolute atomic E-state index is 0.0451. The van der Waals surface area contributed by atoms with Gasteiger partial charge in [-0.1, -0.05) is 94.3 Å². The number of sulfonamides is 1. The monoisotopic (exact) mass is 667 g/mol. The fraction of sp³-hybridized carbons (Fsp3) is 0.188. The van der Waals surface area contributed by atoms with Crippen molar-refractivity contribution < 1.29 is 18.0 Å². The first-order chi connectivity index (χ1) is 20.2. The summed E-state index contributed by atoms with van der Waals surface area (Å²) in [5.41, 5.74) is 1.87. The first-order valence-corrected chi connectivity index (χ1v) is 16.0. The van der Waals surface area contributed by atoms with E-state index in [0.717, 1.165) is 9.87 Å². The van der Waals surface area contributed by atoms with Gasteiger partial charge in [0.2, 0.25) is 11.8 Å². The lowest BCUT2D eigenvalue weighted by Crippen LogP contribution is -2.53. The van der Waals surface area contributed by atoms with E-state index in [0.29, 0.717) is 27.3 Å². The van der Waals surface area contributed by atoms with Crippen LogP contribution in [0.3, 0.4) is 0 Å². The summed E-state index contributed by atoms with van der Waals surface area (Å²) in [6.07, 6.45) is 0.237. The van der Waals surface area contributed by atoms with Crippen LogP contribution in [0.4, 0.5) is 5.69 Å². The molecule has 0 heterocycles. The quantitative estimate of drug-likeness (QED) is 0.199. The first-order valence-electron chi connectivity index (χ1n) is 13.4. The van der Waals surface area contributed by atoms with E-state index in [1.165, 1.54) is 17.0 Å². The van der Waals surface area contributed by atoms with Gasteiger partial charge in [0.1, 0.15) is 12.6 Å².